The third-order valence-electron chi connectivity index (χ3n) is 3.55. The van der Waals surface area contributed by atoms with Crippen molar-refractivity contribution in [2.45, 2.75) is 6.92 Å². The molecule has 0 fully saturated rings. The van der Waals surface area contributed by atoms with Crippen LogP contribution in [0.25, 0.3) is 11.3 Å². The number of rotatable bonds is 4. The molecule has 0 unspecified atom stereocenters. The molecule has 3 rings (SSSR count). The molecule has 2 amide bonds. The number of nitrogens with zero attached hydrogens (tertiary/aromatic N) is 1. The van der Waals surface area contributed by atoms with Crippen molar-refractivity contribution < 1.29 is 14.0 Å². The number of aromatic nitrogens is 2. The van der Waals surface area contributed by atoms with E-state index < -0.39 is 5.91 Å². The number of hydrogen-bond donors (Lipinski definition) is 3. The van der Waals surface area contributed by atoms with Gasteiger partial charge in [0.2, 0.25) is 5.91 Å². The lowest BCUT2D eigenvalue weighted by Gasteiger charge is -2.09. The van der Waals surface area contributed by atoms with E-state index in [4.69, 9.17) is 11.6 Å². The second-order valence-corrected chi connectivity index (χ2v) is 5.90. The Labute approximate surface area is 153 Å². The summed E-state index contributed by atoms with van der Waals surface area (Å²) in [6.45, 7) is 1.38. The van der Waals surface area contributed by atoms with Crippen molar-refractivity contribution in [1.82, 2.24) is 10.2 Å². The lowest BCUT2D eigenvalue weighted by Crippen LogP contribution is -2.12. The average molecular weight is 373 g/mol. The van der Waals surface area contributed by atoms with Crippen LogP contribution in [0.5, 0.6) is 0 Å². The summed E-state index contributed by atoms with van der Waals surface area (Å²) in [5, 5.41) is 12.2. The summed E-state index contributed by atoms with van der Waals surface area (Å²) in [5.74, 6) is -1.01. The molecular formula is C18H14ClFN4O2. The minimum absolute atomic E-state index is 0.244. The number of H-pyrrole nitrogens is 1. The molecule has 0 saturated heterocycles. The second kappa shape index (κ2) is 7.37. The molecule has 0 radical (unpaired) electrons. The fourth-order valence-corrected chi connectivity index (χ4v) is 2.61. The van der Waals surface area contributed by atoms with E-state index in [1.807, 2.05) is 0 Å². The number of hydrogen-bond acceptors (Lipinski definition) is 3. The first-order valence-electron chi connectivity index (χ1n) is 7.62. The molecule has 3 N–H and O–H groups in total. The van der Waals surface area contributed by atoms with Gasteiger partial charge in [-0.05, 0) is 42.5 Å². The van der Waals surface area contributed by atoms with Gasteiger partial charge in [-0.3, -0.25) is 14.7 Å². The molecule has 3 aromatic rings. The first-order valence-corrected chi connectivity index (χ1v) is 7.99. The quantitative estimate of drug-likeness (QED) is 0.645. The molecule has 0 aliphatic rings. The van der Waals surface area contributed by atoms with E-state index in [1.54, 1.807) is 24.3 Å². The maximum absolute atomic E-state index is 13.1. The predicted octanol–water partition coefficient (Wildman–Crippen LogP) is 4.08. The minimum Gasteiger partial charge on any atom is -0.325 e. The van der Waals surface area contributed by atoms with Gasteiger partial charge in [-0.2, -0.15) is 5.10 Å². The van der Waals surface area contributed by atoms with Gasteiger partial charge in [-0.1, -0.05) is 11.6 Å². The number of aromatic amines is 1. The Balaban J connectivity index is 1.81. The van der Waals surface area contributed by atoms with Crippen LogP contribution in [0.1, 0.15) is 17.3 Å². The molecule has 1 aromatic heterocycles. The molecular weight excluding hydrogens is 359 g/mol. The van der Waals surface area contributed by atoms with Gasteiger partial charge in [0, 0.05) is 18.2 Å². The zero-order chi connectivity index (χ0) is 18.7. The Kier molecular flexibility index (Phi) is 4.99. The lowest BCUT2D eigenvalue weighted by molar-refractivity contribution is -0.114. The number of halogens is 2. The second-order valence-electron chi connectivity index (χ2n) is 5.50. The van der Waals surface area contributed by atoms with E-state index in [2.05, 4.69) is 20.8 Å². The normalized spacial score (nSPS) is 10.4. The van der Waals surface area contributed by atoms with E-state index in [1.165, 1.54) is 31.3 Å². The van der Waals surface area contributed by atoms with E-state index in [9.17, 15) is 14.0 Å². The van der Waals surface area contributed by atoms with E-state index in [-0.39, 0.29) is 11.7 Å². The fraction of sp³-hybridized carbons (Fsp3) is 0.0556. The number of carbonyl (C=O) groups is 2. The van der Waals surface area contributed by atoms with Crippen LogP contribution in [0.3, 0.4) is 0 Å². The zero-order valence-electron chi connectivity index (χ0n) is 13.6. The van der Waals surface area contributed by atoms with Crippen LogP contribution in [0.2, 0.25) is 5.02 Å². The summed E-state index contributed by atoms with van der Waals surface area (Å²) in [6.07, 6.45) is 1.39. The van der Waals surface area contributed by atoms with Gasteiger partial charge < -0.3 is 10.6 Å². The molecule has 0 spiro atoms. The Hall–Kier alpha value is -3.19. The van der Waals surface area contributed by atoms with Crippen molar-refractivity contribution in [1.29, 1.82) is 0 Å². The minimum atomic E-state index is -0.401. The Morgan fingerprint density at radius 2 is 1.85 bits per heavy atom. The molecule has 2 aromatic carbocycles. The van der Waals surface area contributed by atoms with E-state index in [0.717, 1.165) is 0 Å². The van der Waals surface area contributed by atoms with Gasteiger partial charge >= 0.3 is 0 Å². The Morgan fingerprint density at radius 1 is 1.12 bits per heavy atom. The molecule has 0 aliphatic carbocycles. The van der Waals surface area contributed by atoms with Crippen LogP contribution in [0, 0.1) is 5.82 Å². The van der Waals surface area contributed by atoms with Crippen LogP contribution >= 0.6 is 11.6 Å². The number of benzene rings is 2. The smallest absolute Gasteiger partial charge is 0.259 e. The number of carbonyl (C=O) groups excluding carboxylic acids is 2. The SMILES string of the molecule is CC(=O)Nc1ccc(NC(=O)c2cn[nH]c2-c2ccc(F)cc2)cc1Cl. The molecule has 0 atom stereocenters. The Morgan fingerprint density at radius 3 is 2.50 bits per heavy atom. The van der Waals surface area contributed by atoms with E-state index >= 15 is 0 Å². The lowest BCUT2D eigenvalue weighted by atomic mass is 10.1. The van der Waals surface area contributed by atoms with Crippen LogP contribution in [-0.2, 0) is 4.79 Å². The maximum atomic E-state index is 13.1. The topological polar surface area (TPSA) is 86.9 Å². The molecule has 0 bridgehead atoms. The first-order chi connectivity index (χ1) is 12.4. The largest absolute Gasteiger partial charge is 0.325 e. The summed E-state index contributed by atoms with van der Waals surface area (Å²) in [4.78, 5) is 23.7. The van der Waals surface area contributed by atoms with Crippen LogP contribution in [0.4, 0.5) is 15.8 Å². The van der Waals surface area contributed by atoms with Gasteiger partial charge in [0.05, 0.1) is 28.2 Å². The summed E-state index contributed by atoms with van der Waals surface area (Å²) in [5.41, 5.74) is 2.32. The standard InChI is InChI=1S/C18H14ClFN4O2/c1-10(25)22-16-7-6-13(8-15(16)19)23-18(26)14-9-21-24-17(14)11-2-4-12(20)5-3-11/h2-9H,1H3,(H,21,24)(H,22,25)(H,23,26). The fourth-order valence-electron chi connectivity index (χ4n) is 2.38. The highest BCUT2D eigenvalue weighted by atomic mass is 35.5. The third-order valence-corrected chi connectivity index (χ3v) is 3.87. The molecule has 8 heteroatoms. The summed E-state index contributed by atoms with van der Waals surface area (Å²) in [7, 11) is 0. The van der Waals surface area contributed by atoms with Gasteiger partial charge in [-0.15, -0.1) is 0 Å². The molecule has 132 valence electrons. The zero-order valence-corrected chi connectivity index (χ0v) is 14.4. The van der Waals surface area contributed by atoms with Crippen molar-refractivity contribution in [3.8, 4) is 11.3 Å². The van der Waals surface area contributed by atoms with Crippen molar-refractivity contribution >= 4 is 34.8 Å². The van der Waals surface area contributed by atoms with Crippen LogP contribution < -0.4 is 10.6 Å². The third kappa shape index (κ3) is 3.89. The molecule has 1 heterocycles. The summed E-state index contributed by atoms with van der Waals surface area (Å²) < 4.78 is 13.1. The molecule has 26 heavy (non-hydrogen) atoms. The highest BCUT2D eigenvalue weighted by Crippen LogP contribution is 2.27. The Bertz CT molecular complexity index is 970. The van der Waals surface area contributed by atoms with Gasteiger partial charge in [0.1, 0.15) is 5.82 Å². The number of anilines is 2. The summed E-state index contributed by atoms with van der Waals surface area (Å²) >= 11 is 6.10. The highest BCUT2D eigenvalue weighted by Gasteiger charge is 2.16. The molecule has 6 nitrogen and oxygen atoms in total. The summed E-state index contributed by atoms with van der Waals surface area (Å²) in [6, 6.07) is 10.5. The molecule has 0 aliphatic heterocycles. The van der Waals surface area contributed by atoms with E-state index in [0.29, 0.717) is 33.2 Å². The average Bonchev–Trinajstić information content (AvgIpc) is 3.07. The van der Waals surface area contributed by atoms with Crippen LogP contribution in [0.15, 0.2) is 48.7 Å². The van der Waals surface area contributed by atoms with Crippen molar-refractivity contribution in [3.05, 3.63) is 65.1 Å². The van der Waals surface area contributed by atoms with Gasteiger partial charge in [0.25, 0.3) is 5.91 Å². The van der Waals surface area contributed by atoms with Crippen molar-refractivity contribution in [2.75, 3.05) is 10.6 Å². The first kappa shape index (κ1) is 17.6. The maximum Gasteiger partial charge on any atom is 0.259 e. The number of nitrogens with one attached hydrogen (secondary N) is 3. The predicted molar refractivity (Wildman–Crippen MR) is 97.7 cm³/mol. The highest BCUT2D eigenvalue weighted by molar-refractivity contribution is 6.34. The van der Waals surface area contributed by atoms with Gasteiger partial charge in [0.15, 0.2) is 0 Å². The van der Waals surface area contributed by atoms with Crippen molar-refractivity contribution in [2.24, 2.45) is 0 Å². The molecule has 0 saturated carbocycles. The van der Waals surface area contributed by atoms with Gasteiger partial charge in [-0.25, -0.2) is 4.39 Å². The van der Waals surface area contributed by atoms with Crippen LogP contribution in [-0.4, -0.2) is 22.0 Å². The number of amides is 2. The van der Waals surface area contributed by atoms with Crippen molar-refractivity contribution in [3.63, 3.8) is 0 Å². The monoisotopic (exact) mass is 372 g/mol.